The average Bonchev–Trinajstić information content (AvgIpc) is 2.85. The Morgan fingerprint density at radius 3 is 2.67 bits per heavy atom. The molecule has 1 aromatic carbocycles. The lowest BCUT2D eigenvalue weighted by molar-refractivity contribution is -0.198. The van der Waals surface area contributed by atoms with Crippen molar-refractivity contribution in [2.45, 2.75) is 52.0 Å². The van der Waals surface area contributed by atoms with E-state index >= 15 is 0 Å². The molecule has 2 atom stereocenters. The van der Waals surface area contributed by atoms with E-state index in [1.807, 2.05) is 44.2 Å². The summed E-state index contributed by atoms with van der Waals surface area (Å²) >= 11 is 0. The van der Waals surface area contributed by atoms with E-state index in [2.05, 4.69) is 26.1 Å². The molecule has 1 fully saturated rings. The monoisotopic (exact) mass is 453 g/mol. The van der Waals surface area contributed by atoms with Crippen LogP contribution in [0.5, 0.6) is 0 Å². The Kier molecular flexibility index (Phi) is 9.34. The Labute approximate surface area is 193 Å². The molecule has 0 radical (unpaired) electrons. The topological polar surface area (TPSA) is 114 Å². The van der Waals surface area contributed by atoms with E-state index in [1.165, 1.54) is 24.5 Å². The number of nitrogens with one attached hydrogen (secondary N) is 3. The molecule has 1 aliphatic heterocycles. The van der Waals surface area contributed by atoms with E-state index in [9.17, 15) is 9.59 Å². The Hall–Kier alpha value is -3.30. The SMILES string of the molecule is CC(C)[C@@H](Nc1cnc(C=CC(=O)NOC2CCCCO2)cn1)C(=O)NCc1ccccc1. The van der Waals surface area contributed by atoms with Crippen LogP contribution < -0.4 is 16.1 Å². The number of benzene rings is 1. The molecule has 1 unspecified atom stereocenters. The highest BCUT2D eigenvalue weighted by molar-refractivity contribution is 5.90. The first-order valence-corrected chi connectivity index (χ1v) is 11.2. The number of amides is 2. The molecule has 2 amide bonds. The summed E-state index contributed by atoms with van der Waals surface area (Å²) in [5, 5.41) is 6.09. The van der Waals surface area contributed by atoms with Gasteiger partial charge in [0.1, 0.15) is 11.9 Å². The molecule has 0 spiro atoms. The first kappa shape index (κ1) is 24.3. The van der Waals surface area contributed by atoms with E-state index in [0.29, 0.717) is 24.7 Å². The standard InChI is InChI=1S/C24H31N5O4/c1-17(2)23(24(31)27-14-18-8-4-3-5-9-18)28-20-16-25-19(15-26-20)11-12-21(30)29-33-22-10-6-7-13-32-22/h3-5,8-9,11-12,15-17,22-23H,6-7,10,13-14H2,1-2H3,(H,26,28)(H,27,31)(H,29,30)/t22?,23-/m1/s1. The van der Waals surface area contributed by atoms with E-state index in [0.717, 1.165) is 24.8 Å². The number of rotatable bonds is 10. The molecule has 9 nitrogen and oxygen atoms in total. The maximum absolute atomic E-state index is 12.7. The quantitative estimate of drug-likeness (QED) is 0.374. The second-order valence-corrected chi connectivity index (χ2v) is 8.11. The van der Waals surface area contributed by atoms with Crippen molar-refractivity contribution in [2.24, 2.45) is 5.92 Å². The highest BCUT2D eigenvalue weighted by atomic mass is 16.8. The summed E-state index contributed by atoms with van der Waals surface area (Å²) in [6.07, 6.45) is 8.27. The molecule has 2 aromatic rings. The van der Waals surface area contributed by atoms with Crippen molar-refractivity contribution < 1.29 is 19.2 Å². The van der Waals surface area contributed by atoms with Gasteiger partial charge in [-0.1, -0.05) is 44.2 Å². The fourth-order valence-electron chi connectivity index (χ4n) is 3.21. The smallest absolute Gasteiger partial charge is 0.267 e. The van der Waals surface area contributed by atoms with Gasteiger partial charge in [-0.05, 0) is 30.4 Å². The van der Waals surface area contributed by atoms with Crippen molar-refractivity contribution in [1.29, 1.82) is 0 Å². The summed E-state index contributed by atoms with van der Waals surface area (Å²) in [6.45, 7) is 5.02. The number of carbonyl (C=O) groups excluding carboxylic acids is 2. The summed E-state index contributed by atoms with van der Waals surface area (Å²) in [5.41, 5.74) is 3.88. The van der Waals surface area contributed by atoms with Gasteiger partial charge in [0.25, 0.3) is 5.91 Å². The molecule has 0 bridgehead atoms. The van der Waals surface area contributed by atoms with Gasteiger partial charge in [-0.15, -0.1) is 0 Å². The average molecular weight is 454 g/mol. The van der Waals surface area contributed by atoms with Crippen LogP contribution in [0.3, 0.4) is 0 Å². The lowest BCUT2D eigenvalue weighted by atomic mass is 10.0. The predicted molar refractivity (Wildman–Crippen MR) is 124 cm³/mol. The van der Waals surface area contributed by atoms with Crippen molar-refractivity contribution in [3.05, 3.63) is 60.1 Å². The van der Waals surface area contributed by atoms with Crippen LogP contribution in [0, 0.1) is 5.92 Å². The third-order valence-corrected chi connectivity index (χ3v) is 5.07. The summed E-state index contributed by atoms with van der Waals surface area (Å²) in [5.74, 6) is -0.0108. The molecular formula is C24H31N5O4. The van der Waals surface area contributed by atoms with Crippen molar-refractivity contribution >= 4 is 23.7 Å². The van der Waals surface area contributed by atoms with Crippen LogP contribution in [-0.2, 0) is 25.7 Å². The molecule has 0 saturated carbocycles. The minimum absolute atomic E-state index is 0.0407. The van der Waals surface area contributed by atoms with Gasteiger partial charge >= 0.3 is 0 Å². The molecule has 1 aromatic heterocycles. The van der Waals surface area contributed by atoms with Crippen LogP contribution in [-0.4, -0.2) is 40.7 Å². The predicted octanol–water partition coefficient (Wildman–Crippen LogP) is 2.82. The molecular weight excluding hydrogens is 422 g/mol. The number of ether oxygens (including phenoxy) is 1. The third-order valence-electron chi connectivity index (χ3n) is 5.07. The first-order valence-electron chi connectivity index (χ1n) is 11.2. The number of hydroxylamine groups is 1. The van der Waals surface area contributed by atoms with Crippen molar-refractivity contribution in [2.75, 3.05) is 11.9 Å². The van der Waals surface area contributed by atoms with Gasteiger partial charge in [0.15, 0.2) is 6.29 Å². The van der Waals surface area contributed by atoms with Crippen LogP contribution >= 0.6 is 0 Å². The van der Waals surface area contributed by atoms with Gasteiger partial charge in [0.05, 0.1) is 18.1 Å². The third kappa shape index (κ3) is 8.28. The molecule has 3 rings (SSSR count). The fourth-order valence-corrected chi connectivity index (χ4v) is 3.21. The fraction of sp³-hybridized carbons (Fsp3) is 0.417. The first-order chi connectivity index (χ1) is 16.0. The minimum Gasteiger partial charge on any atom is -0.357 e. The van der Waals surface area contributed by atoms with Crippen molar-refractivity contribution in [3.63, 3.8) is 0 Å². The molecule has 2 heterocycles. The highest BCUT2D eigenvalue weighted by Crippen LogP contribution is 2.13. The summed E-state index contributed by atoms with van der Waals surface area (Å²) < 4.78 is 5.39. The minimum atomic E-state index is -0.464. The Morgan fingerprint density at radius 1 is 1.18 bits per heavy atom. The van der Waals surface area contributed by atoms with Gasteiger partial charge in [-0.25, -0.2) is 15.3 Å². The molecule has 0 aliphatic carbocycles. The largest absolute Gasteiger partial charge is 0.357 e. The number of hydrogen-bond acceptors (Lipinski definition) is 7. The number of anilines is 1. The highest BCUT2D eigenvalue weighted by Gasteiger charge is 2.22. The van der Waals surface area contributed by atoms with Crippen LogP contribution in [0.4, 0.5) is 5.82 Å². The second-order valence-electron chi connectivity index (χ2n) is 8.11. The molecule has 3 N–H and O–H groups in total. The lowest BCUT2D eigenvalue weighted by Gasteiger charge is -2.22. The molecule has 1 aliphatic rings. The summed E-state index contributed by atoms with van der Waals surface area (Å²) in [6, 6.07) is 9.28. The Balaban J connectivity index is 1.48. The summed E-state index contributed by atoms with van der Waals surface area (Å²) in [7, 11) is 0. The second kappa shape index (κ2) is 12.7. The maximum Gasteiger partial charge on any atom is 0.267 e. The van der Waals surface area contributed by atoms with E-state index < -0.39 is 18.2 Å². The number of nitrogens with zero attached hydrogens (tertiary/aromatic N) is 2. The van der Waals surface area contributed by atoms with Crippen molar-refractivity contribution in [1.82, 2.24) is 20.8 Å². The molecule has 33 heavy (non-hydrogen) atoms. The van der Waals surface area contributed by atoms with Crippen LogP contribution in [0.2, 0.25) is 0 Å². The van der Waals surface area contributed by atoms with Crippen molar-refractivity contribution in [3.8, 4) is 0 Å². The zero-order valence-electron chi connectivity index (χ0n) is 19.0. The lowest BCUT2D eigenvalue weighted by Crippen LogP contribution is -2.42. The molecule has 1 saturated heterocycles. The van der Waals surface area contributed by atoms with Gasteiger partial charge in [-0.2, -0.15) is 0 Å². The number of hydrogen-bond donors (Lipinski definition) is 3. The Morgan fingerprint density at radius 2 is 2.00 bits per heavy atom. The van der Waals surface area contributed by atoms with E-state index in [-0.39, 0.29) is 11.8 Å². The normalized spacial score (nSPS) is 17.0. The summed E-state index contributed by atoms with van der Waals surface area (Å²) in [4.78, 5) is 38.4. The van der Waals surface area contributed by atoms with E-state index in [4.69, 9.17) is 9.57 Å². The van der Waals surface area contributed by atoms with Crippen LogP contribution in [0.1, 0.15) is 44.4 Å². The Bertz CT molecular complexity index is 912. The maximum atomic E-state index is 12.7. The molecule has 176 valence electrons. The van der Waals surface area contributed by atoms with Gasteiger partial charge in [0.2, 0.25) is 5.91 Å². The van der Waals surface area contributed by atoms with Gasteiger partial charge in [-0.3, -0.25) is 14.6 Å². The van der Waals surface area contributed by atoms with Gasteiger partial charge < -0.3 is 15.4 Å². The van der Waals surface area contributed by atoms with E-state index in [1.54, 1.807) is 0 Å². The van der Waals surface area contributed by atoms with Crippen LogP contribution in [0.15, 0.2) is 48.8 Å². The number of aromatic nitrogens is 2. The zero-order chi connectivity index (χ0) is 23.5. The molecule has 9 heteroatoms. The van der Waals surface area contributed by atoms with Gasteiger partial charge in [0, 0.05) is 25.6 Å². The zero-order valence-corrected chi connectivity index (χ0v) is 19.0. The number of carbonyl (C=O) groups is 2. The van der Waals surface area contributed by atoms with Crippen LogP contribution in [0.25, 0.3) is 6.08 Å².